The van der Waals surface area contributed by atoms with Crippen molar-refractivity contribution < 1.29 is 19.5 Å². The third-order valence-corrected chi connectivity index (χ3v) is 2.08. The van der Waals surface area contributed by atoms with Gasteiger partial charge in [0, 0.05) is 14.1 Å². The average molecular weight is 245 g/mol. The fourth-order valence-electron chi connectivity index (χ4n) is 1.07. The van der Waals surface area contributed by atoms with Crippen LogP contribution < -0.4 is 10.6 Å². The van der Waals surface area contributed by atoms with Crippen LogP contribution in [0.25, 0.3) is 0 Å². The molecule has 0 saturated heterocycles. The van der Waals surface area contributed by atoms with Crippen molar-refractivity contribution in [2.24, 2.45) is 0 Å². The summed E-state index contributed by atoms with van der Waals surface area (Å²) in [5.41, 5.74) is 0. The van der Waals surface area contributed by atoms with E-state index in [1.165, 1.54) is 4.90 Å². The van der Waals surface area contributed by atoms with Crippen LogP contribution in [0.1, 0.15) is 19.8 Å². The van der Waals surface area contributed by atoms with Gasteiger partial charge in [-0.25, -0.2) is 9.59 Å². The van der Waals surface area contributed by atoms with Gasteiger partial charge < -0.3 is 20.6 Å². The number of amides is 3. The fraction of sp³-hybridized carbons (Fsp3) is 0.700. The number of aliphatic carboxylic acids is 1. The van der Waals surface area contributed by atoms with Gasteiger partial charge in [0.2, 0.25) is 5.91 Å². The average Bonchev–Trinajstić information content (AvgIpc) is 2.24. The van der Waals surface area contributed by atoms with E-state index in [4.69, 9.17) is 5.11 Å². The number of nitrogens with zero attached hydrogens (tertiary/aromatic N) is 1. The van der Waals surface area contributed by atoms with Gasteiger partial charge in [0.05, 0.1) is 6.54 Å². The smallest absolute Gasteiger partial charge is 0.326 e. The first-order valence-electron chi connectivity index (χ1n) is 5.35. The second kappa shape index (κ2) is 7.48. The molecule has 0 bridgehead atoms. The van der Waals surface area contributed by atoms with Gasteiger partial charge in [-0.15, -0.1) is 0 Å². The van der Waals surface area contributed by atoms with E-state index < -0.39 is 18.0 Å². The largest absolute Gasteiger partial charge is 0.480 e. The third kappa shape index (κ3) is 6.39. The lowest BCUT2D eigenvalue weighted by Crippen LogP contribution is -2.48. The number of hydrogen-bond donors (Lipinski definition) is 3. The van der Waals surface area contributed by atoms with Gasteiger partial charge in [0.1, 0.15) is 6.04 Å². The Hall–Kier alpha value is -1.79. The molecule has 0 aliphatic heterocycles. The van der Waals surface area contributed by atoms with Gasteiger partial charge in [-0.1, -0.05) is 13.3 Å². The quantitative estimate of drug-likeness (QED) is 0.594. The molecule has 3 amide bonds. The lowest BCUT2D eigenvalue weighted by atomic mass is 10.2. The minimum absolute atomic E-state index is 0.155. The highest BCUT2D eigenvalue weighted by Gasteiger charge is 2.18. The highest BCUT2D eigenvalue weighted by atomic mass is 16.4. The number of hydrogen-bond acceptors (Lipinski definition) is 3. The minimum atomic E-state index is -1.08. The normalized spacial score (nSPS) is 11.5. The molecule has 17 heavy (non-hydrogen) atoms. The molecular formula is C10H19N3O4. The van der Waals surface area contributed by atoms with E-state index in [1.807, 2.05) is 6.92 Å². The van der Waals surface area contributed by atoms with Gasteiger partial charge >= 0.3 is 12.0 Å². The first-order chi connectivity index (χ1) is 7.88. The van der Waals surface area contributed by atoms with E-state index in [-0.39, 0.29) is 12.5 Å². The standard InChI is InChI=1S/C10H19N3O4/c1-4-5-7(9(15)16)12-10(17)11-6-8(14)13(2)3/h7H,4-6H2,1-3H3,(H,15,16)(H2,11,12,17)/t7-/m0/s1. The molecule has 0 heterocycles. The number of urea groups is 1. The SMILES string of the molecule is CCC[C@H](NC(=O)NCC(=O)N(C)C)C(=O)O. The predicted molar refractivity (Wildman–Crippen MR) is 61.6 cm³/mol. The first kappa shape index (κ1) is 15.2. The number of nitrogens with one attached hydrogen (secondary N) is 2. The zero-order chi connectivity index (χ0) is 13.4. The summed E-state index contributed by atoms with van der Waals surface area (Å²) in [6.07, 6.45) is 0.998. The van der Waals surface area contributed by atoms with E-state index in [1.54, 1.807) is 14.1 Å². The van der Waals surface area contributed by atoms with Crippen molar-refractivity contribution in [1.82, 2.24) is 15.5 Å². The van der Waals surface area contributed by atoms with Crippen molar-refractivity contribution in [3.05, 3.63) is 0 Å². The van der Waals surface area contributed by atoms with E-state index in [2.05, 4.69) is 10.6 Å². The Balaban J connectivity index is 4.07. The van der Waals surface area contributed by atoms with Gasteiger partial charge in [-0.3, -0.25) is 4.79 Å². The number of carbonyl (C=O) groups is 3. The van der Waals surface area contributed by atoms with Crippen molar-refractivity contribution in [2.75, 3.05) is 20.6 Å². The molecule has 0 aliphatic rings. The Morgan fingerprint density at radius 2 is 1.88 bits per heavy atom. The molecule has 0 spiro atoms. The Bertz CT molecular complexity index is 291. The second-order valence-electron chi connectivity index (χ2n) is 3.79. The molecule has 98 valence electrons. The summed E-state index contributed by atoms with van der Waals surface area (Å²) < 4.78 is 0. The predicted octanol–water partition coefficient (Wildman–Crippen LogP) is -0.373. The van der Waals surface area contributed by atoms with Crippen molar-refractivity contribution in [2.45, 2.75) is 25.8 Å². The van der Waals surface area contributed by atoms with E-state index in [9.17, 15) is 14.4 Å². The monoisotopic (exact) mass is 245 g/mol. The van der Waals surface area contributed by atoms with Crippen molar-refractivity contribution in [3.8, 4) is 0 Å². The number of rotatable bonds is 6. The van der Waals surface area contributed by atoms with Crippen LogP contribution in [0.15, 0.2) is 0 Å². The van der Waals surface area contributed by atoms with E-state index in [0.717, 1.165) is 0 Å². The van der Waals surface area contributed by atoms with Gasteiger partial charge in [0.25, 0.3) is 0 Å². The summed E-state index contributed by atoms with van der Waals surface area (Å²) in [7, 11) is 3.14. The van der Waals surface area contributed by atoms with Crippen LogP contribution in [-0.2, 0) is 9.59 Å². The summed E-state index contributed by atoms with van der Waals surface area (Å²) in [6, 6.07) is -1.57. The molecule has 0 unspecified atom stereocenters. The molecule has 0 aromatic carbocycles. The molecule has 7 nitrogen and oxygen atoms in total. The molecule has 0 fully saturated rings. The summed E-state index contributed by atoms with van der Waals surface area (Å²) in [6.45, 7) is 1.67. The first-order valence-corrected chi connectivity index (χ1v) is 5.35. The Labute approximate surface area is 100 Å². The lowest BCUT2D eigenvalue weighted by molar-refractivity contribution is -0.139. The highest BCUT2D eigenvalue weighted by molar-refractivity contribution is 5.86. The molecule has 7 heteroatoms. The minimum Gasteiger partial charge on any atom is -0.480 e. The van der Waals surface area contributed by atoms with Crippen molar-refractivity contribution >= 4 is 17.9 Å². The topological polar surface area (TPSA) is 98.7 Å². The molecule has 1 atom stereocenters. The van der Waals surface area contributed by atoms with Gasteiger partial charge in [0.15, 0.2) is 0 Å². The molecule has 0 aromatic rings. The Morgan fingerprint density at radius 1 is 1.29 bits per heavy atom. The number of likely N-dealkylation sites (N-methyl/N-ethyl adjacent to an activating group) is 1. The van der Waals surface area contributed by atoms with Crippen LogP contribution in [0, 0.1) is 0 Å². The highest BCUT2D eigenvalue weighted by Crippen LogP contribution is 1.96. The fourth-order valence-corrected chi connectivity index (χ4v) is 1.07. The van der Waals surface area contributed by atoms with Crippen LogP contribution in [0.3, 0.4) is 0 Å². The maximum Gasteiger partial charge on any atom is 0.326 e. The van der Waals surface area contributed by atoms with Crippen LogP contribution >= 0.6 is 0 Å². The van der Waals surface area contributed by atoms with Crippen LogP contribution in [0.4, 0.5) is 4.79 Å². The molecule has 0 aliphatic carbocycles. The van der Waals surface area contributed by atoms with E-state index >= 15 is 0 Å². The van der Waals surface area contributed by atoms with Crippen LogP contribution in [-0.4, -0.2) is 54.6 Å². The molecule has 3 N–H and O–H groups in total. The van der Waals surface area contributed by atoms with Crippen molar-refractivity contribution in [1.29, 1.82) is 0 Å². The summed E-state index contributed by atoms with van der Waals surface area (Å²) in [4.78, 5) is 34.6. The number of carbonyl (C=O) groups excluding carboxylic acids is 2. The molecule has 0 aromatic heterocycles. The zero-order valence-electron chi connectivity index (χ0n) is 10.3. The molecule has 0 radical (unpaired) electrons. The maximum atomic E-state index is 11.3. The Morgan fingerprint density at radius 3 is 2.29 bits per heavy atom. The van der Waals surface area contributed by atoms with Crippen LogP contribution in [0.2, 0.25) is 0 Å². The zero-order valence-corrected chi connectivity index (χ0v) is 10.3. The lowest BCUT2D eigenvalue weighted by Gasteiger charge is -2.15. The number of carboxylic acid groups (broad SMARTS) is 1. The molecule has 0 rings (SSSR count). The molecule has 0 saturated carbocycles. The van der Waals surface area contributed by atoms with E-state index in [0.29, 0.717) is 12.8 Å². The van der Waals surface area contributed by atoms with Crippen molar-refractivity contribution in [3.63, 3.8) is 0 Å². The second-order valence-corrected chi connectivity index (χ2v) is 3.79. The molecular weight excluding hydrogens is 226 g/mol. The van der Waals surface area contributed by atoms with Crippen LogP contribution in [0.5, 0.6) is 0 Å². The Kier molecular flexibility index (Phi) is 6.69. The maximum absolute atomic E-state index is 11.3. The third-order valence-electron chi connectivity index (χ3n) is 2.08. The summed E-state index contributed by atoms with van der Waals surface area (Å²) >= 11 is 0. The number of carboxylic acids is 1. The van der Waals surface area contributed by atoms with Gasteiger partial charge in [-0.2, -0.15) is 0 Å². The van der Waals surface area contributed by atoms with Gasteiger partial charge in [-0.05, 0) is 6.42 Å². The summed E-state index contributed by atoms with van der Waals surface area (Å²) in [5.74, 6) is -1.34. The summed E-state index contributed by atoms with van der Waals surface area (Å²) in [5, 5.41) is 13.4.